The summed E-state index contributed by atoms with van der Waals surface area (Å²) in [5.41, 5.74) is -3.39. The van der Waals surface area contributed by atoms with Crippen molar-refractivity contribution in [3.05, 3.63) is 70.0 Å². The highest BCUT2D eigenvalue weighted by Gasteiger charge is 2.40. The number of halogens is 7. The normalized spacial score (nSPS) is 18.9. The van der Waals surface area contributed by atoms with E-state index < -0.39 is 58.8 Å². The molecule has 1 heterocycles. The minimum absolute atomic E-state index is 0.0289. The average Bonchev–Trinajstić information content (AvgIpc) is 2.78. The highest BCUT2D eigenvalue weighted by atomic mass is 19.4. The largest absolute Gasteiger partial charge is 0.465 e. The first-order valence-electron chi connectivity index (χ1n) is 10.4. The summed E-state index contributed by atoms with van der Waals surface area (Å²) in [4.78, 5) is 26.7. The Labute approximate surface area is 195 Å². The number of nitrogens with zero attached hydrogens (tertiary/aromatic N) is 2. The molecule has 1 N–H and O–H groups in total. The first-order valence-corrected chi connectivity index (χ1v) is 10.4. The summed E-state index contributed by atoms with van der Waals surface area (Å²) in [7, 11) is 1.22. The van der Waals surface area contributed by atoms with Crippen LogP contribution < -0.4 is 0 Å². The summed E-state index contributed by atoms with van der Waals surface area (Å²) in [6.45, 7) is 1.35. The highest BCUT2D eigenvalue weighted by molar-refractivity contribution is 5.95. The van der Waals surface area contributed by atoms with Gasteiger partial charge in [-0.15, -0.1) is 0 Å². The Morgan fingerprint density at radius 1 is 1.00 bits per heavy atom. The SMILES string of the molecule is Cc1ccc(C2CN(C(=O)O)CCC2N(C)C(=O)c2cc(C(F)(F)F)cc(C(F)(F)F)c2)cc1F. The lowest BCUT2D eigenvalue weighted by molar-refractivity contribution is -0.143. The molecule has 2 amide bonds. The van der Waals surface area contributed by atoms with E-state index >= 15 is 0 Å². The molecule has 1 fully saturated rings. The van der Waals surface area contributed by atoms with Crippen molar-refractivity contribution in [3.8, 4) is 0 Å². The van der Waals surface area contributed by atoms with E-state index in [0.717, 1.165) is 9.80 Å². The molecule has 0 spiro atoms. The number of benzene rings is 2. The third-order valence-electron chi connectivity index (χ3n) is 6.12. The predicted molar refractivity (Wildman–Crippen MR) is 110 cm³/mol. The second kappa shape index (κ2) is 9.38. The van der Waals surface area contributed by atoms with Crippen LogP contribution in [-0.4, -0.2) is 53.1 Å². The van der Waals surface area contributed by atoms with Gasteiger partial charge in [-0.3, -0.25) is 4.79 Å². The van der Waals surface area contributed by atoms with Crippen LogP contribution in [0.2, 0.25) is 0 Å². The number of hydrogen-bond acceptors (Lipinski definition) is 2. The molecule has 5 nitrogen and oxygen atoms in total. The zero-order chi connectivity index (χ0) is 26.3. The summed E-state index contributed by atoms with van der Waals surface area (Å²) in [6, 6.07) is 4.01. The van der Waals surface area contributed by atoms with Crippen molar-refractivity contribution in [1.29, 1.82) is 0 Å². The van der Waals surface area contributed by atoms with Crippen molar-refractivity contribution in [2.75, 3.05) is 20.1 Å². The maximum Gasteiger partial charge on any atom is 0.416 e. The first-order chi connectivity index (χ1) is 16.1. The van der Waals surface area contributed by atoms with E-state index in [-0.39, 0.29) is 25.6 Å². The number of amides is 2. The number of alkyl halides is 6. The Morgan fingerprint density at radius 3 is 2.06 bits per heavy atom. The topological polar surface area (TPSA) is 60.9 Å². The minimum atomic E-state index is -5.12. The number of rotatable bonds is 3. The Kier molecular flexibility index (Phi) is 7.05. The standard InChI is InChI=1S/C23H21F7N2O3/c1-12-3-4-13(9-18(12)24)17-11-32(21(34)35)6-5-19(17)31(2)20(33)14-7-15(22(25,26)27)10-16(8-14)23(28,29)30/h3-4,7-10,17,19H,5-6,11H2,1-2H3,(H,34,35). The molecule has 1 saturated heterocycles. The Balaban J connectivity index is 2.02. The van der Waals surface area contributed by atoms with Gasteiger partial charge in [0, 0.05) is 37.7 Å². The lowest BCUT2D eigenvalue weighted by atomic mass is 9.84. The summed E-state index contributed by atoms with van der Waals surface area (Å²) in [5.74, 6) is -2.44. The number of carbonyl (C=O) groups excluding carboxylic acids is 1. The molecule has 1 aliphatic heterocycles. The maximum atomic E-state index is 14.2. The van der Waals surface area contributed by atoms with Gasteiger partial charge in [0.1, 0.15) is 5.82 Å². The van der Waals surface area contributed by atoms with E-state index in [2.05, 4.69) is 0 Å². The van der Waals surface area contributed by atoms with Gasteiger partial charge in [-0.05, 0) is 48.7 Å². The zero-order valence-corrected chi connectivity index (χ0v) is 18.5. The summed E-state index contributed by atoms with van der Waals surface area (Å²) in [6.07, 6.45) is -11.4. The van der Waals surface area contributed by atoms with Gasteiger partial charge in [-0.25, -0.2) is 9.18 Å². The molecular formula is C23H21F7N2O3. The molecule has 1 aliphatic rings. The molecule has 35 heavy (non-hydrogen) atoms. The minimum Gasteiger partial charge on any atom is -0.465 e. The maximum absolute atomic E-state index is 14.2. The van der Waals surface area contributed by atoms with Crippen LogP contribution in [-0.2, 0) is 12.4 Å². The van der Waals surface area contributed by atoms with Crippen LogP contribution in [0.25, 0.3) is 0 Å². The Morgan fingerprint density at radius 2 is 1.57 bits per heavy atom. The summed E-state index contributed by atoms with van der Waals surface area (Å²) in [5, 5.41) is 9.39. The molecule has 0 aliphatic carbocycles. The van der Waals surface area contributed by atoms with Crippen LogP contribution in [0.5, 0.6) is 0 Å². The zero-order valence-electron chi connectivity index (χ0n) is 18.5. The third-order valence-corrected chi connectivity index (χ3v) is 6.12. The van der Waals surface area contributed by atoms with E-state index in [1.165, 1.54) is 26.1 Å². The molecule has 12 heteroatoms. The summed E-state index contributed by atoms with van der Waals surface area (Å²) >= 11 is 0. The van der Waals surface area contributed by atoms with Crippen LogP contribution in [0, 0.1) is 12.7 Å². The van der Waals surface area contributed by atoms with Crippen molar-refractivity contribution in [3.63, 3.8) is 0 Å². The number of piperidine rings is 1. The number of hydrogen-bond donors (Lipinski definition) is 1. The first kappa shape index (κ1) is 26.3. The fourth-order valence-electron chi connectivity index (χ4n) is 4.18. The number of likely N-dealkylation sites (N-methyl/N-ethyl adjacent to an activating group) is 1. The van der Waals surface area contributed by atoms with Gasteiger partial charge in [-0.2, -0.15) is 26.3 Å². The van der Waals surface area contributed by atoms with Gasteiger partial charge >= 0.3 is 18.4 Å². The van der Waals surface area contributed by atoms with Gasteiger partial charge < -0.3 is 14.9 Å². The van der Waals surface area contributed by atoms with E-state index in [1.54, 1.807) is 6.07 Å². The van der Waals surface area contributed by atoms with Crippen LogP contribution in [0.1, 0.15) is 45.0 Å². The van der Waals surface area contributed by atoms with Crippen molar-refractivity contribution in [1.82, 2.24) is 9.80 Å². The van der Waals surface area contributed by atoms with E-state index in [4.69, 9.17) is 0 Å². The molecule has 3 rings (SSSR count). The quantitative estimate of drug-likeness (QED) is 0.537. The van der Waals surface area contributed by atoms with Crippen molar-refractivity contribution in [2.45, 2.75) is 37.7 Å². The summed E-state index contributed by atoms with van der Waals surface area (Å²) < 4.78 is 93.7. The van der Waals surface area contributed by atoms with Crippen LogP contribution in [0.3, 0.4) is 0 Å². The molecule has 2 unspecified atom stereocenters. The van der Waals surface area contributed by atoms with E-state index in [9.17, 15) is 45.4 Å². The van der Waals surface area contributed by atoms with Crippen LogP contribution in [0.15, 0.2) is 36.4 Å². The van der Waals surface area contributed by atoms with Gasteiger partial charge in [0.25, 0.3) is 5.91 Å². The van der Waals surface area contributed by atoms with Gasteiger partial charge in [-0.1, -0.05) is 12.1 Å². The predicted octanol–water partition coefficient (Wildman–Crippen LogP) is 5.78. The number of carbonyl (C=O) groups is 2. The second-order valence-corrected chi connectivity index (χ2v) is 8.41. The molecule has 190 valence electrons. The lowest BCUT2D eigenvalue weighted by Gasteiger charge is -2.42. The van der Waals surface area contributed by atoms with E-state index in [1.807, 2.05) is 0 Å². The van der Waals surface area contributed by atoms with Gasteiger partial charge in [0.15, 0.2) is 0 Å². The average molecular weight is 506 g/mol. The molecule has 0 aromatic heterocycles. The highest BCUT2D eigenvalue weighted by Crippen LogP contribution is 2.37. The number of likely N-dealkylation sites (tertiary alicyclic amines) is 1. The van der Waals surface area contributed by atoms with Gasteiger partial charge in [0.2, 0.25) is 0 Å². The van der Waals surface area contributed by atoms with Crippen molar-refractivity contribution < 1.29 is 45.4 Å². The van der Waals surface area contributed by atoms with Crippen LogP contribution >= 0.6 is 0 Å². The molecule has 0 bridgehead atoms. The fourth-order valence-corrected chi connectivity index (χ4v) is 4.18. The molecule has 0 saturated carbocycles. The smallest absolute Gasteiger partial charge is 0.416 e. The fraction of sp³-hybridized carbons (Fsp3) is 0.391. The second-order valence-electron chi connectivity index (χ2n) is 8.41. The molecule has 2 aromatic rings. The third kappa shape index (κ3) is 5.68. The molecule has 0 radical (unpaired) electrons. The van der Waals surface area contributed by atoms with E-state index in [0.29, 0.717) is 23.3 Å². The lowest BCUT2D eigenvalue weighted by Crippen LogP contribution is -2.51. The Hall–Kier alpha value is -3.31. The molecule has 2 aromatic carbocycles. The number of aryl methyl sites for hydroxylation is 1. The Bertz CT molecular complexity index is 1100. The monoisotopic (exact) mass is 506 g/mol. The van der Waals surface area contributed by atoms with Crippen molar-refractivity contribution >= 4 is 12.0 Å². The van der Waals surface area contributed by atoms with Gasteiger partial charge in [0.05, 0.1) is 11.1 Å². The molecular weight excluding hydrogens is 485 g/mol. The van der Waals surface area contributed by atoms with Crippen LogP contribution in [0.4, 0.5) is 35.5 Å². The molecule has 2 atom stereocenters. The number of carboxylic acid groups (broad SMARTS) is 1. The van der Waals surface area contributed by atoms with Crippen molar-refractivity contribution in [2.24, 2.45) is 0 Å².